The first-order chi connectivity index (χ1) is 11.5. The van der Waals surface area contributed by atoms with Crippen molar-refractivity contribution in [2.45, 2.75) is 24.9 Å². The molecule has 7 nitrogen and oxygen atoms in total. The van der Waals surface area contributed by atoms with Gasteiger partial charge in [0.25, 0.3) is 5.84 Å². The highest BCUT2D eigenvalue weighted by Gasteiger charge is 2.98. The first-order valence-corrected chi connectivity index (χ1v) is 7.71. The Morgan fingerprint density at radius 1 is 1.33 bits per heavy atom. The summed E-state index contributed by atoms with van der Waals surface area (Å²) in [6.07, 6.45) is -0.205. The lowest BCUT2D eigenvalue weighted by atomic mass is 9.93. The van der Waals surface area contributed by atoms with E-state index in [1.807, 2.05) is 25.1 Å². The third kappa shape index (κ3) is 1.32. The van der Waals surface area contributed by atoms with Crippen LogP contribution in [-0.4, -0.2) is 31.6 Å². The van der Waals surface area contributed by atoms with Gasteiger partial charge >= 0.3 is 5.91 Å². The lowest BCUT2D eigenvalue weighted by Gasteiger charge is -2.24. The number of ether oxygens (including phenoxy) is 3. The van der Waals surface area contributed by atoms with E-state index in [4.69, 9.17) is 19.9 Å². The van der Waals surface area contributed by atoms with Gasteiger partial charge in [0.2, 0.25) is 0 Å². The predicted octanol–water partition coefficient (Wildman–Crippen LogP) is -0.647. The topological polar surface area (TPSA) is 115 Å². The van der Waals surface area contributed by atoms with Crippen LogP contribution in [0.4, 0.5) is 0 Å². The number of nitrogens with zero attached hydrogens (tertiary/aromatic N) is 2. The van der Waals surface area contributed by atoms with Gasteiger partial charge in [-0.25, -0.2) is 4.99 Å². The van der Waals surface area contributed by atoms with Crippen LogP contribution in [0.3, 0.4) is 0 Å². The Morgan fingerprint density at radius 2 is 2.08 bits per heavy atom. The lowest BCUT2D eigenvalue weighted by molar-refractivity contribution is -0.677. The van der Waals surface area contributed by atoms with Crippen LogP contribution in [0.1, 0.15) is 18.4 Å². The number of hydrogen-bond donors (Lipinski definition) is 2. The van der Waals surface area contributed by atoms with E-state index < -0.39 is 22.7 Å². The molecule has 0 amide bonds. The van der Waals surface area contributed by atoms with E-state index in [0.717, 1.165) is 5.56 Å². The van der Waals surface area contributed by atoms with Crippen molar-refractivity contribution in [1.29, 1.82) is 10.5 Å². The molecule has 1 spiro atoms. The van der Waals surface area contributed by atoms with Crippen LogP contribution in [0, 0.1) is 33.5 Å². The van der Waals surface area contributed by atoms with Gasteiger partial charge in [-0.3, -0.25) is 5.73 Å². The average Bonchev–Trinajstić information content (AvgIpc) is 2.98. The van der Waals surface area contributed by atoms with Crippen LogP contribution >= 0.6 is 0 Å². The molecular formula is C17H17N4O3+. The van der Waals surface area contributed by atoms with Crippen LogP contribution < -0.4 is 15.5 Å². The Labute approximate surface area is 139 Å². The van der Waals surface area contributed by atoms with Crippen molar-refractivity contribution >= 4 is 5.84 Å². The second-order valence-electron chi connectivity index (χ2n) is 6.41. The van der Waals surface area contributed by atoms with E-state index in [0.29, 0.717) is 12.4 Å². The molecule has 5 atom stereocenters. The van der Waals surface area contributed by atoms with E-state index in [1.165, 1.54) is 0 Å². The summed E-state index contributed by atoms with van der Waals surface area (Å²) in [5, 5.41) is 20.0. The smallest absolute Gasteiger partial charge is 0.343 e. The molecule has 2 aliphatic heterocycles. The normalized spacial score (nSPS) is 42.1. The van der Waals surface area contributed by atoms with E-state index in [9.17, 15) is 10.5 Å². The van der Waals surface area contributed by atoms with Gasteiger partial charge in [0.1, 0.15) is 5.75 Å². The maximum Gasteiger partial charge on any atom is 0.343 e. The molecule has 122 valence electrons. The SMILES string of the molecule is COc1ccccc1[C@H]1[C@@]2(C#N)[C@]3([NH+]=C(N)[C@@]12C#N)OC[C@@H](C)O3. The third-order valence-electron chi connectivity index (χ3n) is 5.34. The fourth-order valence-corrected chi connectivity index (χ4v) is 4.34. The Morgan fingerprint density at radius 3 is 2.67 bits per heavy atom. The van der Waals surface area contributed by atoms with Crippen LogP contribution in [0.15, 0.2) is 24.3 Å². The second-order valence-corrected chi connectivity index (χ2v) is 6.41. The average molecular weight is 325 g/mol. The van der Waals surface area contributed by atoms with E-state index in [-0.39, 0.29) is 11.9 Å². The van der Waals surface area contributed by atoms with Gasteiger partial charge in [-0.1, -0.05) is 18.2 Å². The molecule has 4 rings (SSSR count). The van der Waals surface area contributed by atoms with E-state index >= 15 is 0 Å². The molecule has 1 saturated carbocycles. The van der Waals surface area contributed by atoms with Crippen LogP contribution in [0.5, 0.6) is 5.75 Å². The number of fused-ring (bicyclic) bond motifs is 2. The first-order valence-electron chi connectivity index (χ1n) is 7.71. The zero-order chi connectivity index (χ0) is 17.2. The summed E-state index contributed by atoms with van der Waals surface area (Å²) in [6.45, 7) is 2.18. The lowest BCUT2D eigenvalue weighted by Crippen LogP contribution is -2.90. The van der Waals surface area contributed by atoms with Gasteiger partial charge in [0, 0.05) is 5.56 Å². The number of amidine groups is 1. The first kappa shape index (κ1) is 14.9. The molecule has 1 aromatic rings. The van der Waals surface area contributed by atoms with Crippen molar-refractivity contribution in [3.63, 3.8) is 0 Å². The minimum Gasteiger partial charge on any atom is -0.496 e. The summed E-state index contributed by atoms with van der Waals surface area (Å²) in [6, 6.07) is 11.9. The number of methoxy groups -OCH3 is 1. The van der Waals surface area contributed by atoms with Gasteiger partial charge in [-0.05, 0) is 13.0 Å². The Bertz CT molecular complexity index is 841. The van der Waals surface area contributed by atoms with E-state index in [1.54, 1.807) is 13.2 Å². The summed E-state index contributed by atoms with van der Waals surface area (Å²) in [7, 11) is 1.56. The third-order valence-corrected chi connectivity index (χ3v) is 5.34. The highest BCUT2D eigenvalue weighted by Crippen LogP contribution is 2.79. The molecule has 3 N–H and O–H groups in total. The van der Waals surface area contributed by atoms with Gasteiger partial charge in [-0.15, -0.1) is 0 Å². The van der Waals surface area contributed by atoms with Gasteiger partial charge in [0.15, 0.2) is 10.8 Å². The standard InChI is InChI=1S/C17H16N4O3/c1-10-7-23-17(24-10)16(9-19)13(15(16,8-18)14(20)21-17)11-5-3-4-6-12(11)22-2/h3-6,10,13H,7H2,1-2H3,(H2,20,21)/p+1/t10-,13-,15-,16-,17+/m1/s1. The Balaban J connectivity index is 1.94. The van der Waals surface area contributed by atoms with Gasteiger partial charge in [-0.2, -0.15) is 10.5 Å². The van der Waals surface area contributed by atoms with Crippen molar-refractivity contribution in [1.82, 2.24) is 0 Å². The highest BCUT2D eigenvalue weighted by molar-refractivity contribution is 5.95. The molecule has 0 unspecified atom stereocenters. The fraction of sp³-hybridized carbons (Fsp3) is 0.471. The number of benzene rings is 1. The van der Waals surface area contributed by atoms with Gasteiger partial charge in [0.05, 0.1) is 37.9 Å². The molecular weight excluding hydrogens is 308 g/mol. The summed E-state index contributed by atoms with van der Waals surface area (Å²) >= 11 is 0. The number of nitriles is 2. The fourth-order valence-electron chi connectivity index (χ4n) is 4.34. The monoisotopic (exact) mass is 325 g/mol. The van der Waals surface area contributed by atoms with Crippen LogP contribution in [0.25, 0.3) is 0 Å². The molecule has 1 saturated heterocycles. The van der Waals surface area contributed by atoms with Crippen molar-refractivity contribution < 1.29 is 19.2 Å². The summed E-state index contributed by atoms with van der Waals surface area (Å²) in [4.78, 5) is 2.94. The summed E-state index contributed by atoms with van der Waals surface area (Å²) in [5.41, 5.74) is 4.44. The molecule has 0 radical (unpaired) electrons. The number of nitrogens with two attached hydrogens (primary N) is 1. The van der Waals surface area contributed by atoms with Crippen molar-refractivity contribution in [2.24, 2.45) is 16.6 Å². The largest absolute Gasteiger partial charge is 0.496 e. The minimum absolute atomic E-state index is 0.205. The van der Waals surface area contributed by atoms with Crippen molar-refractivity contribution in [3.8, 4) is 17.9 Å². The Hall–Kier alpha value is -2.61. The zero-order valence-electron chi connectivity index (χ0n) is 13.4. The zero-order valence-corrected chi connectivity index (χ0v) is 13.4. The minimum atomic E-state index is -1.41. The maximum atomic E-state index is 10.1. The highest BCUT2D eigenvalue weighted by atomic mass is 16.8. The predicted molar refractivity (Wildman–Crippen MR) is 81.2 cm³/mol. The Kier molecular flexibility index (Phi) is 2.79. The molecule has 1 aliphatic carbocycles. The molecule has 0 bridgehead atoms. The molecule has 2 heterocycles. The number of rotatable bonds is 2. The van der Waals surface area contributed by atoms with Crippen molar-refractivity contribution in [3.05, 3.63) is 29.8 Å². The molecule has 0 aromatic heterocycles. The molecule has 24 heavy (non-hydrogen) atoms. The number of nitrogens with one attached hydrogen (secondary N) is 1. The number of para-hydroxylation sites is 1. The van der Waals surface area contributed by atoms with Crippen LogP contribution in [0.2, 0.25) is 0 Å². The molecule has 7 heteroatoms. The van der Waals surface area contributed by atoms with Gasteiger partial charge < -0.3 is 14.2 Å². The molecule has 2 fully saturated rings. The number of hydrogen-bond acceptors (Lipinski definition) is 6. The van der Waals surface area contributed by atoms with Crippen LogP contribution in [-0.2, 0) is 9.47 Å². The summed E-state index contributed by atoms with van der Waals surface area (Å²) in [5.74, 6) is -1.10. The molecule has 3 aliphatic rings. The molecule has 1 aromatic carbocycles. The maximum absolute atomic E-state index is 10.1. The van der Waals surface area contributed by atoms with E-state index in [2.05, 4.69) is 17.1 Å². The second kappa shape index (κ2) is 4.47. The quantitative estimate of drug-likeness (QED) is 0.747. The van der Waals surface area contributed by atoms with Crippen molar-refractivity contribution in [2.75, 3.05) is 13.7 Å². The summed E-state index contributed by atoms with van der Waals surface area (Å²) < 4.78 is 17.2.